The highest BCUT2D eigenvalue weighted by atomic mass is 16.2. The second-order valence-electron chi connectivity index (χ2n) is 5.06. The molecule has 0 aliphatic heterocycles. The van der Waals surface area contributed by atoms with E-state index in [0.29, 0.717) is 41.4 Å². The fourth-order valence-electron chi connectivity index (χ4n) is 2.80. The molecule has 0 atom stereocenters. The highest BCUT2D eigenvalue weighted by molar-refractivity contribution is 6.01. The quantitative estimate of drug-likeness (QED) is 0.703. The van der Waals surface area contributed by atoms with Gasteiger partial charge in [-0.3, -0.25) is 14.2 Å². The summed E-state index contributed by atoms with van der Waals surface area (Å²) in [4.78, 5) is 40.8. The van der Waals surface area contributed by atoms with Gasteiger partial charge in [-0.2, -0.15) is 0 Å². The van der Waals surface area contributed by atoms with Crippen molar-refractivity contribution in [2.24, 2.45) is 7.05 Å². The molecule has 0 saturated heterocycles. The lowest BCUT2D eigenvalue weighted by molar-refractivity contribution is 0.0972. The minimum atomic E-state index is -0.500. The van der Waals surface area contributed by atoms with Crippen LogP contribution in [-0.2, 0) is 20.0 Å². The number of terminal acetylenes is 1. The summed E-state index contributed by atoms with van der Waals surface area (Å²) in [5, 5.41) is 0.331. The number of aromatic nitrogens is 3. The molecule has 0 bridgehead atoms. The summed E-state index contributed by atoms with van der Waals surface area (Å²) < 4.78 is 2.30. The van der Waals surface area contributed by atoms with Crippen molar-refractivity contribution in [1.29, 1.82) is 0 Å². The van der Waals surface area contributed by atoms with Crippen LogP contribution in [-0.4, -0.2) is 19.9 Å². The summed E-state index contributed by atoms with van der Waals surface area (Å²) in [6.45, 7) is -0.0982. The smallest absolute Gasteiger partial charge is 0.294 e. The van der Waals surface area contributed by atoms with E-state index in [2.05, 4.69) is 10.9 Å². The van der Waals surface area contributed by atoms with E-state index in [4.69, 9.17) is 6.42 Å². The van der Waals surface area contributed by atoms with Crippen LogP contribution in [0.3, 0.4) is 0 Å². The zero-order valence-corrected chi connectivity index (χ0v) is 11.5. The Morgan fingerprint density at radius 2 is 2.10 bits per heavy atom. The van der Waals surface area contributed by atoms with E-state index < -0.39 is 11.2 Å². The van der Waals surface area contributed by atoms with Crippen molar-refractivity contribution in [2.75, 3.05) is 0 Å². The third-order valence-corrected chi connectivity index (χ3v) is 3.84. The van der Waals surface area contributed by atoms with Gasteiger partial charge in [-0.15, -0.1) is 6.42 Å². The van der Waals surface area contributed by atoms with E-state index in [1.165, 1.54) is 10.8 Å². The summed E-state index contributed by atoms with van der Waals surface area (Å²) in [5.74, 6) is 2.30. The molecule has 0 fully saturated rings. The van der Waals surface area contributed by atoms with Gasteiger partial charge in [-0.1, -0.05) is 5.92 Å². The fourth-order valence-corrected chi connectivity index (χ4v) is 2.80. The van der Waals surface area contributed by atoms with Gasteiger partial charge in [0, 0.05) is 25.2 Å². The van der Waals surface area contributed by atoms with Crippen LogP contribution in [0.4, 0.5) is 0 Å². The topological polar surface area (TPSA) is 74.0 Å². The van der Waals surface area contributed by atoms with Crippen molar-refractivity contribution in [3.8, 4) is 12.3 Å². The van der Waals surface area contributed by atoms with Crippen LogP contribution in [0.1, 0.15) is 28.8 Å². The monoisotopic (exact) mass is 283 g/mol. The number of fused-ring (bicyclic) bond motifs is 3. The normalized spacial score (nSPS) is 14.0. The fraction of sp³-hybridized carbons (Fsp3) is 0.333. The summed E-state index contributed by atoms with van der Waals surface area (Å²) in [6.07, 6.45) is 8.47. The van der Waals surface area contributed by atoms with E-state index >= 15 is 0 Å². The van der Waals surface area contributed by atoms with Gasteiger partial charge in [0.15, 0.2) is 5.78 Å². The Morgan fingerprint density at radius 3 is 2.81 bits per heavy atom. The molecule has 6 nitrogen and oxygen atoms in total. The van der Waals surface area contributed by atoms with E-state index in [0.717, 1.165) is 4.57 Å². The van der Waals surface area contributed by atoms with Crippen LogP contribution in [0.5, 0.6) is 0 Å². The lowest BCUT2D eigenvalue weighted by Gasteiger charge is -2.17. The number of carbonyl (C=O) groups excluding carboxylic acids is 1. The average molecular weight is 283 g/mol. The second-order valence-corrected chi connectivity index (χ2v) is 5.06. The summed E-state index contributed by atoms with van der Waals surface area (Å²) in [6, 6.07) is 0. The highest BCUT2D eigenvalue weighted by Gasteiger charge is 2.23. The Balaban J connectivity index is 2.52. The third-order valence-electron chi connectivity index (χ3n) is 3.84. The van der Waals surface area contributed by atoms with Gasteiger partial charge >= 0.3 is 5.69 Å². The Labute approximate surface area is 120 Å². The van der Waals surface area contributed by atoms with Crippen molar-refractivity contribution in [3.05, 3.63) is 38.2 Å². The van der Waals surface area contributed by atoms with Crippen molar-refractivity contribution in [1.82, 2.24) is 14.1 Å². The van der Waals surface area contributed by atoms with Crippen molar-refractivity contribution >= 4 is 16.8 Å². The number of nitrogens with zero attached hydrogens (tertiary/aromatic N) is 3. The number of rotatable bonds is 1. The minimum Gasteiger partial charge on any atom is -0.294 e. The molecule has 2 aromatic heterocycles. The molecule has 3 rings (SSSR count). The third kappa shape index (κ3) is 1.82. The zero-order chi connectivity index (χ0) is 15.1. The SMILES string of the molecule is C#CCn1c(=O)c2c3c(cnc2n(C)c1=O)C(=O)CCC3. The number of pyridine rings is 1. The summed E-state index contributed by atoms with van der Waals surface area (Å²) >= 11 is 0. The molecule has 0 unspecified atom stereocenters. The summed E-state index contributed by atoms with van der Waals surface area (Å²) in [5.41, 5.74) is 0.497. The number of ketones is 1. The van der Waals surface area contributed by atoms with E-state index in [-0.39, 0.29) is 12.3 Å². The standard InChI is InChI=1S/C15H13N3O3/c1-3-7-18-14(20)12-9-5-4-6-11(19)10(9)8-16-13(12)17(2)15(18)21/h1,8H,4-7H2,2H3. The Morgan fingerprint density at radius 1 is 1.33 bits per heavy atom. The Kier molecular flexibility index (Phi) is 2.98. The molecular weight excluding hydrogens is 270 g/mol. The molecule has 0 saturated carbocycles. The first-order valence-corrected chi connectivity index (χ1v) is 6.64. The molecule has 0 N–H and O–H groups in total. The van der Waals surface area contributed by atoms with Crippen molar-refractivity contribution in [3.63, 3.8) is 0 Å². The van der Waals surface area contributed by atoms with Crippen molar-refractivity contribution < 1.29 is 4.79 Å². The lowest BCUT2D eigenvalue weighted by Crippen LogP contribution is -2.40. The van der Waals surface area contributed by atoms with Gasteiger partial charge in [0.05, 0.1) is 11.9 Å². The first kappa shape index (κ1) is 13.3. The molecule has 2 aromatic rings. The van der Waals surface area contributed by atoms with Gasteiger partial charge in [0.25, 0.3) is 5.56 Å². The zero-order valence-electron chi connectivity index (χ0n) is 11.5. The molecule has 2 heterocycles. The Bertz CT molecular complexity index is 928. The number of carbonyl (C=O) groups is 1. The largest absolute Gasteiger partial charge is 0.333 e. The highest BCUT2D eigenvalue weighted by Crippen LogP contribution is 2.24. The number of Topliss-reactive ketones (excluding diaryl/α,β-unsaturated/α-hetero) is 1. The lowest BCUT2D eigenvalue weighted by atomic mass is 9.90. The number of hydrogen-bond acceptors (Lipinski definition) is 4. The number of aryl methyl sites for hydroxylation is 2. The maximum Gasteiger partial charge on any atom is 0.333 e. The molecule has 0 radical (unpaired) electrons. The number of hydrogen-bond donors (Lipinski definition) is 0. The van der Waals surface area contributed by atoms with Crippen LogP contribution in [0.2, 0.25) is 0 Å². The first-order chi connectivity index (χ1) is 10.1. The maximum absolute atomic E-state index is 12.6. The maximum atomic E-state index is 12.6. The van der Waals surface area contributed by atoms with Gasteiger partial charge < -0.3 is 0 Å². The molecular formula is C15H13N3O3. The average Bonchev–Trinajstić information content (AvgIpc) is 2.48. The van der Waals surface area contributed by atoms with Crippen molar-refractivity contribution in [2.45, 2.75) is 25.8 Å². The molecule has 0 spiro atoms. The molecule has 0 aromatic carbocycles. The predicted octanol–water partition coefficient (Wildman–Crippen LogP) is 0.247. The minimum absolute atomic E-state index is 0.0117. The Hall–Kier alpha value is -2.68. The second kappa shape index (κ2) is 4.70. The van der Waals surface area contributed by atoms with Crippen LogP contribution >= 0.6 is 0 Å². The molecule has 21 heavy (non-hydrogen) atoms. The van der Waals surface area contributed by atoms with E-state index in [1.807, 2.05) is 0 Å². The van der Waals surface area contributed by atoms with E-state index in [1.54, 1.807) is 7.05 Å². The van der Waals surface area contributed by atoms with Crippen LogP contribution < -0.4 is 11.2 Å². The molecule has 6 heteroatoms. The predicted molar refractivity (Wildman–Crippen MR) is 77.3 cm³/mol. The summed E-state index contributed by atoms with van der Waals surface area (Å²) in [7, 11) is 1.54. The van der Waals surface area contributed by atoms with Gasteiger partial charge in [-0.25, -0.2) is 14.3 Å². The van der Waals surface area contributed by atoms with E-state index in [9.17, 15) is 14.4 Å². The molecule has 1 aliphatic rings. The first-order valence-electron chi connectivity index (χ1n) is 6.64. The molecule has 0 amide bonds. The van der Waals surface area contributed by atoms with Gasteiger partial charge in [0.2, 0.25) is 0 Å². The molecule has 1 aliphatic carbocycles. The van der Waals surface area contributed by atoms with Crippen LogP contribution in [0.15, 0.2) is 15.8 Å². The van der Waals surface area contributed by atoms with Crippen LogP contribution in [0.25, 0.3) is 11.0 Å². The van der Waals surface area contributed by atoms with Gasteiger partial charge in [-0.05, 0) is 18.4 Å². The van der Waals surface area contributed by atoms with Gasteiger partial charge in [0.1, 0.15) is 5.65 Å². The molecule has 106 valence electrons. The van der Waals surface area contributed by atoms with Crippen LogP contribution in [0, 0.1) is 12.3 Å².